The molecule has 1 heterocycles. The van der Waals surface area contributed by atoms with Gasteiger partial charge in [0.15, 0.2) is 0 Å². The molecule has 0 spiro atoms. The minimum atomic E-state index is 0.00368. The van der Waals surface area contributed by atoms with Crippen molar-refractivity contribution in [2.45, 2.75) is 52.2 Å². The summed E-state index contributed by atoms with van der Waals surface area (Å²) in [4.78, 5) is 4.14. The van der Waals surface area contributed by atoms with Crippen LogP contribution in [-0.4, -0.2) is 16.9 Å². The number of nitrogens with zero attached hydrogens (tertiary/aromatic N) is 1. The number of aromatic nitrogens is 1. The van der Waals surface area contributed by atoms with Gasteiger partial charge in [-0.1, -0.05) is 19.9 Å². The number of rotatable bonds is 4. The Bertz CT molecular complexity index is 446. The van der Waals surface area contributed by atoms with Gasteiger partial charge in [-0.2, -0.15) is 0 Å². The minimum Gasteiger partial charge on any atom is -0.382 e. The molecule has 1 aliphatic carbocycles. The molecular formula is C15H23N3O. The number of hydrogen-bond acceptors (Lipinski definition) is 3. The Hall–Kier alpha value is -1.42. The second kappa shape index (κ2) is 5.70. The van der Waals surface area contributed by atoms with Gasteiger partial charge in [0, 0.05) is 11.8 Å². The first-order valence-corrected chi connectivity index (χ1v) is 6.88. The summed E-state index contributed by atoms with van der Waals surface area (Å²) >= 11 is 0. The van der Waals surface area contributed by atoms with E-state index in [1.807, 2.05) is 12.1 Å². The van der Waals surface area contributed by atoms with E-state index in [0.717, 1.165) is 18.4 Å². The van der Waals surface area contributed by atoms with Gasteiger partial charge in [0.1, 0.15) is 11.5 Å². The highest BCUT2D eigenvalue weighted by atomic mass is 16.5. The van der Waals surface area contributed by atoms with Crippen LogP contribution in [0.1, 0.15) is 50.8 Å². The summed E-state index contributed by atoms with van der Waals surface area (Å²) in [6.07, 6.45) is 6.64. The third-order valence-corrected chi connectivity index (χ3v) is 3.91. The van der Waals surface area contributed by atoms with Crippen LogP contribution in [0.4, 0.5) is 0 Å². The van der Waals surface area contributed by atoms with E-state index < -0.39 is 0 Å². The fourth-order valence-electron chi connectivity index (χ4n) is 2.54. The third-order valence-electron chi connectivity index (χ3n) is 3.91. The van der Waals surface area contributed by atoms with Crippen molar-refractivity contribution >= 4 is 5.84 Å². The van der Waals surface area contributed by atoms with Crippen LogP contribution in [-0.2, 0) is 11.3 Å². The topological polar surface area (TPSA) is 72.0 Å². The molecule has 1 fully saturated rings. The molecule has 4 nitrogen and oxygen atoms in total. The third kappa shape index (κ3) is 3.77. The number of nitrogens with one attached hydrogen (secondary N) is 1. The van der Waals surface area contributed by atoms with Gasteiger partial charge in [0.25, 0.3) is 0 Å². The average Bonchev–Trinajstić information content (AvgIpc) is 2.38. The smallest absolute Gasteiger partial charge is 0.142 e. The van der Waals surface area contributed by atoms with Crippen molar-refractivity contribution in [1.29, 1.82) is 5.41 Å². The van der Waals surface area contributed by atoms with Crippen LogP contribution >= 0.6 is 0 Å². The fraction of sp³-hybridized carbons (Fsp3) is 0.600. The number of nitrogen functional groups attached to an aromatic ring is 1. The van der Waals surface area contributed by atoms with Gasteiger partial charge in [-0.15, -0.1) is 0 Å². The summed E-state index contributed by atoms with van der Waals surface area (Å²) in [5, 5.41) is 7.51. The zero-order valence-corrected chi connectivity index (χ0v) is 11.8. The normalized spacial score (nSPS) is 19.3. The molecule has 0 amide bonds. The number of pyridine rings is 1. The molecule has 1 saturated carbocycles. The summed E-state index contributed by atoms with van der Waals surface area (Å²) < 4.78 is 5.96. The molecule has 0 atom stereocenters. The lowest BCUT2D eigenvalue weighted by atomic mass is 9.76. The van der Waals surface area contributed by atoms with E-state index in [0.29, 0.717) is 23.8 Å². The van der Waals surface area contributed by atoms with E-state index in [1.54, 1.807) is 6.20 Å². The van der Waals surface area contributed by atoms with Gasteiger partial charge in [-0.25, -0.2) is 0 Å². The number of nitrogens with two attached hydrogens (primary N) is 1. The van der Waals surface area contributed by atoms with Crippen LogP contribution in [0.25, 0.3) is 0 Å². The molecule has 0 aliphatic heterocycles. The highest BCUT2D eigenvalue weighted by molar-refractivity contribution is 5.94. The van der Waals surface area contributed by atoms with Gasteiger partial charge in [0.05, 0.1) is 12.7 Å². The molecule has 0 radical (unpaired) electrons. The maximum atomic E-state index is 7.51. The summed E-state index contributed by atoms with van der Waals surface area (Å²) in [7, 11) is 0. The molecule has 0 saturated heterocycles. The largest absolute Gasteiger partial charge is 0.382 e. The summed E-state index contributed by atoms with van der Waals surface area (Å²) in [5.41, 5.74) is 7.42. The molecule has 104 valence electrons. The minimum absolute atomic E-state index is 0.00368. The first-order valence-electron chi connectivity index (χ1n) is 6.88. The van der Waals surface area contributed by atoms with E-state index in [1.165, 1.54) is 12.8 Å². The fourth-order valence-corrected chi connectivity index (χ4v) is 2.54. The maximum Gasteiger partial charge on any atom is 0.142 e. The highest BCUT2D eigenvalue weighted by Crippen LogP contribution is 2.36. The van der Waals surface area contributed by atoms with Crippen molar-refractivity contribution in [1.82, 2.24) is 4.98 Å². The monoisotopic (exact) mass is 261 g/mol. The molecule has 0 bridgehead atoms. The van der Waals surface area contributed by atoms with Crippen molar-refractivity contribution in [3.05, 3.63) is 29.6 Å². The standard InChI is InChI=1S/C15H23N3O/c1-15(2)7-5-12(6-8-15)19-10-11-4-3-9-18-13(11)14(16)17/h3-4,9,12H,5-8,10H2,1-2H3,(H3,16,17). The Kier molecular flexibility index (Phi) is 4.20. The van der Waals surface area contributed by atoms with E-state index >= 15 is 0 Å². The lowest BCUT2D eigenvalue weighted by Gasteiger charge is -2.34. The second-order valence-electron chi connectivity index (χ2n) is 6.10. The van der Waals surface area contributed by atoms with Crippen LogP contribution in [0.15, 0.2) is 18.3 Å². The Balaban J connectivity index is 1.91. The molecule has 4 heteroatoms. The number of ether oxygens (including phenoxy) is 1. The lowest BCUT2D eigenvalue weighted by molar-refractivity contribution is -0.00573. The van der Waals surface area contributed by atoms with Crippen LogP contribution in [0.2, 0.25) is 0 Å². The van der Waals surface area contributed by atoms with E-state index in [2.05, 4.69) is 18.8 Å². The Morgan fingerprint density at radius 2 is 2.16 bits per heavy atom. The average molecular weight is 261 g/mol. The van der Waals surface area contributed by atoms with Crippen molar-refractivity contribution in [2.24, 2.45) is 11.1 Å². The predicted molar refractivity (Wildman–Crippen MR) is 76.1 cm³/mol. The first-order chi connectivity index (χ1) is 8.98. The highest BCUT2D eigenvalue weighted by Gasteiger charge is 2.27. The van der Waals surface area contributed by atoms with E-state index in [9.17, 15) is 0 Å². The molecule has 2 rings (SSSR count). The Morgan fingerprint density at radius 3 is 2.79 bits per heavy atom. The maximum absolute atomic E-state index is 7.51. The predicted octanol–water partition coefficient (Wildman–Crippen LogP) is 2.85. The first kappa shape index (κ1) is 14.0. The van der Waals surface area contributed by atoms with Crippen LogP contribution in [0, 0.1) is 10.8 Å². The van der Waals surface area contributed by atoms with Crippen molar-refractivity contribution in [3.63, 3.8) is 0 Å². The lowest BCUT2D eigenvalue weighted by Crippen LogP contribution is -2.26. The zero-order chi connectivity index (χ0) is 13.9. The van der Waals surface area contributed by atoms with Gasteiger partial charge >= 0.3 is 0 Å². The van der Waals surface area contributed by atoms with Crippen molar-refractivity contribution in [3.8, 4) is 0 Å². The molecule has 1 aromatic rings. The molecular weight excluding hydrogens is 238 g/mol. The van der Waals surface area contributed by atoms with E-state index in [4.69, 9.17) is 15.9 Å². The van der Waals surface area contributed by atoms with Crippen molar-refractivity contribution in [2.75, 3.05) is 0 Å². The van der Waals surface area contributed by atoms with Crippen LogP contribution in [0.5, 0.6) is 0 Å². The number of amidine groups is 1. The zero-order valence-electron chi connectivity index (χ0n) is 11.8. The molecule has 1 aliphatic rings. The van der Waals surface area contributed by atoms with Crippen molar-refractivity contribution < 1.29 is 4.74 Å². The quantitative estimate of drug-likeness (QED) is 0.646. The molecule has 0 aromatic carbocycles. The van der Waals surface area contributed by atoms with E-state index in [-0.39, 0.29) is 5.84 Å². The van der Waals surface area contributed by atoms with Gasteiger partial charge in [-0.3, -0.25) is 10.4 Å². The van der Waals surface area contributed by atoms with Gasteiger partial charge < -0.3 is 10.5 Å². The molecule has 19 heavy (non-hydrogen) atoms. The SMILES string of the molecule is CC1(C)CCC(OCc2cccnc2C(=N)N)CC1. The Labute approximate surface area is 114 Å². The van der Waals surface area contributed by atoms with Gasteiger partial charge in [0.2, 0.25) is 0 Å². The van der Waals surface area contributed by atoms with Crippen LogP contribution in [0.3, 0.4) is 0 Å². The molecule has 0 unspecified atom stereocenters. The number of hydrogen-bond donors (Lipinski definition) is 2. The van der Waals surface area contributed by atoms with Gasteiger partial charge in [-0.05, 0) is 37.2 Å². The second-order valence-corrected chi connectivity index (χ2v) is 6.10. The summed E-state index contributed by atoms with van der Waals surface area (Å²) in [5.74, 6) is 0.00368. The molecule has 1 aromatic heterocycles. The summed E-state index contributed by atoms with van der Waals surface area (Å²) in [6, 6.07) is 3.78. The summed E-state index contributed by atoms with van der Waals surface area (Å²) in [6.45, 7) is 5.13. The molecule has 3 N–H and O–H groups in total. The van der Waals surface area contributed by atoms with Crippen LogP contribution < -0.4 is 5.73 Å². The Morgan fingerprint density at radius 1 is 1.47 bits per heavy atom.